The van der Waals surface area contributed by atoms with Crippen molar-refractivity contribution in [2.75, 3.05) is 32.1 Å². The van der Waals surface area contributed by atoms with Crippen LogP contribution in [0.3, 0.4) is 0 Å². The summed E-state index contributed by atoms with van der Waals surface area (Å²) in [4.78, 5) is 50.3. The van der Waals surface area contributed by atoms with Gasteiger partial charge in [-0.3, -0.25) is 14.4 Å². The highest BCUT2D eigenvalue weighted by atomic mass is 19.1. The number of amides is 2. The summed E-state index contributed by atoms with van der Waals surface area (Å²) in [5.74, 6) is -2.94. The zero-order valence-corrected chi connectivity index (χ0v) is 17.5. The summed E-state index contributed by atoms with van der Waals surface area (Å²) in [5.41, 5.74) is 0.979. The highest BCUT2D eigenvalue weighted by Gasteiger charge is 2.30. The van der Waals surface area contributed by atoms with E-state index in [0.29, 0.717) is 30.6 Å². The van der Waals surface area contributed by atoms with Crippen LogP contribution < -0.4 is 5.32 Å². The van der Waals surface area contributed by atoms with E-state index in [1.165, 1.54) is 42.3 Å². The Kier molecular flexibility index (Phi) is 7.54. The van der Waals surface area contributed by atoms with E-state index in [9.17, 15) is 23.6 Å². The number of piperidine rings is 1. The summed E-state index contributed by atoms with van der Waals surface area (Å²) in [6.45, 7) is 0.151. The standard InChI is InChI=1S/C23H23FN2O6/c1-31-22(29)16-4-2-6-19(12-16)25-20(27)14-32-23(30)17-5-3-11-26(13-17)21(28)15-7-9-18(24)10-8-15/h2,4,6-10,12,17H,3,5,11,13-14H2,1H3,(H,25,27). The molecule has 1 N–H and O–H groups in total. The molecule has 0 saturated carbocycles. The van der Waals surface area contributed by atoms with Crippen LogP contribution in [-0.2, 0) is 19.1 Å². The van der Waals surface area contributed by atoms with E-state index in [1.807, 2.05) is 0 Å². The van der Waals surface area contributed by atoms with Crippen molar-refractivity contribution in [2.24, 2.45) is 5.92 Å². The van der Waals surface area contributed by atoms with Crippen molar-refractivity contribution in [2.45, 2.75) is 12.8 Å². The normalized spacial score (nSPS) is 15.6. The molecule has 0 aliphatic carbocycles. The average Bonchev–Trinajstić information content (AvgIpc) is 2.82. The minimum atomic E-state index is -0.569. The number of carbonyl (C=O) groups excluding carboxylic acids is 4. The molecule has 1 fully saturated rings. The van der Waals surface area contributed by atoms with Crippen LogP contribution in [0.15, 0.2) is 48.5 Å². The average molecular weight is 442 g/mol. The number of methoxy groups -OCH3 is 1. The Bertz CT molecular complexity index is 1010. The molecular weight excluding hydrogens is 419 g/mol. The summed E-state index contributed by atoms with van der Waals surface area (Å²) >= 11 is 0. The van der Waals surface area contributed by atoms with Gasteiger partial charge < -0.3 is 19.7 Å². The van der Waals surface area contributed by atoms with E-state index < -0.39 is 36.2 Å². The minimum absolute atomic E-state index is 0.165. The Morgan fingerprint density at radius 2 is 1.84 bits per heavy atom. The first-order valence-electron chi connectivity index (χ1n) is 10.1. The first-order chi connectivity index (χ1) is 15.4. The van der Waals surface area contributed by atoms with Gasteiger partial charge in [0.1, 0.15) is 5.82 Å². The molecule has 9 heteroatoms. The van der Waals surface area contributed by atoms with Gasteiger partial charge in [-0.1, -0.05) is 6.07 Å². The third kappa shape index (κ3) is 5.90. The number of esters is 2. The van der Waals surface area contributed by atoms with Crippen molar-refractivity contribution in [3.05, 3.63) is 65.5 Å². The molecule has 0 spiro atoms. The van der Waals surface area contributed by atoms with Crippen LogP contribution in [0, 0.1) is 11.7 Å². The number of benzene rings is 2. The van der Waals surface area contributed by atoms with Gasteiger partial charge in [-0.05, 0) is 55.3 Å². The van der Waals surface area contributed by atoms with Crippen molar-refractivity contribution in [3.63, 3.8) is 0 Å². The van der Waals surface area contributed by atoms with Crippen LogP contribution in [0.1, 0.15) is 33.6 Å². The number of carbonyl (C=O) groups is 4. The molecule has 2 amide bonds. The minimum Gasteiger partial charge on any atom is -0.465 e. The van der Waals surface area contributed by atoms with Gasteiger partial charge >= 0.3 is 11.9 Å². The van der Waals surface area contributed by atoms with Gasteiger partial charge in [-0.15, -0.1) is 0 Å². The van der Waals surface area contributed by atoms with Gasteiger partial charge in [0.2, 0.25) is 0 Å². The highest BCUT2D eigenvalue weighted by Crippen LogP contribution is 2.20. The fourth-order valence-corrected chi connectivity index (χ4v) is 3.42. The summed E-state index contributed by atoms with van der Waals surface area (Å²) < 4.78 is 22.8. The topological polar surface area (TPSA) is 102 Å². The maximum absolute atomic E-state index is 13.1. The van der Waals surface area contributed by atoms with E-state index >= 15 is 0 Å². The number of anilines is 1. The monoisotopic (exact) mass is 442 g/mol. The van der Waals surface area contributed by atoms with Crippen LogP contribution >= 0.6 is 0 Å². The third-order valence-corrected chi connectivity index (χ3v) is 5.05. The molecule has 2 aromatic carbocycles. The molecule has 168 valence electrons. The van der Waals surface area contributed by atoms with Crippen molar-refractivity contribution < 1.29 is 33.0 Å². The lowest BCUT2D eigenvalue weighted by molar-refractivity contribution is -0.152. The Hall–Kier alpha value is -3.75. The molecule has 1 aliphatic rings. The molecular formula is C23H23FN2O6. The molecule has 1 aliphatic heterocycles. The molecule has 1 atom stereocenters. The SMILES string of the molecule is COC(=O)c1cccc(NC(=O)COC(=O)C2CCCN(C(=O)c3ccc(F)cc3)C2)c1. The predicted molar refractivity (Wildman–Crippen MR) is 112 cm³/mol. The summed E-state index contributed by atoms with van der Waals surface area (Å²) in [6, 6.07) is 11.4. The van der Waals surface area contributed by atoms with Crippen molar-refractivity contribution in [1.29, 1.82) is 0 Å². The maximum atomic E-state index is 13.1. The summed E-state index contributed by atoms with van der Waals surface area (Å²) in [6.07, 6.45) is 1.15. The van der Waals surface area contributed by atoms with Crippen LogP contribution in [0.4, 0.5) is 10.1 Å². The zero-order chi connectivity index (χ0) is 23.1. The predicted octanol–water partition coefficient (Wildman–Crippen LogP) is 2.65. The quantitative estimate of drug-likeness (QED) is 0.690. The Morgan fingerprint density at radius 3 is 2.56 bits per heavy atom. The van der Waals surface area contributed by atoms with Crippen LogP contribution in [-0.4, -0.2) is 55.5 Å². The molecule has 1 saturated heterocycles. The maximum Gasteiger partial charge on any atom is 0.337 e. The smallest absolute Gasteiger partial charge is 0.337 e. The molecule has 8 nitrogen and oxygen atoms in total. The molecule has 1 unspecified atom stereocenters. The number of hydrogen-bond donors (Lipinski definition) is 1. The number of halogens is 1. The first kappa shape index (κ1) is 22.9. The van der Waals surface area contributed by atoms with Gasteiger partial charge in [0.05, 0.1) is 18.6 Å². The Balaban J connectivity index is 1.51. The Labute approximate surface area is 184 Å². The van der Waals surface area contributed by atoms with Crippen LogP contribution in [0.5, 0.6) is 0 Å². The largest absolute Gasteiger partial charge is 0.465 e. The summed E-state index contributed by atoms with van der Waals surface area (Å²) in [5, 5.41) is 2.55. The van der Waals surface area contributed by atoms with E-state index in [4.69, 9.17) is 4.74 Å². The number of ether oxygens (including phenoxy) is 2. The molecule has 0 aromatic heterocycles. The van der Waals surface area contributed by atoms with E-state index in [2.05, 4.69) is 10.1 Å². The van der Waals surface area contributed by atoms with E-state index in [1.54, 1.807) is 18.2 Å². The summed E-state index contributed by atoms with van der Waals surface area (Å²) in [7, 11) is 1.26. The van der Waals surface area contributed by atoms with Gasteiger partial charge in [-0.25, -0.2) is 9.18 Å². The molecule has 3 rings (SSSR count). The van der Waals surface area contributed by atoms with Crippen LogP contribution in [0.2, 0.25) is 0 Å². The second-order valence-electron chi connectivity index (χ2n) is 7.33. The van der Waals surface area contributed by atoms with Gasteiger partial charge in [0.25, 0.3) is 11.8 Å². The molecule has 2 aromatic rings. The zero-order valence-electron chi connectivity index (χ0n) is 17.5. The molecule has 0 bridgehead atoms. The molecule has 0 radical (unpaired) electrons. The number of hydrogen-bond acceptors (Lipinski definition) is 6. The van der Waals surface area contributed by atoms with E-state index in [-0.39, 0.29) is 18.0 Å². The lowest BCUT2D eigenvalue weighted by Crippen LogP contribution is -2.43. The fraction of sp³-hybridized carbons (Fsp3) is 0.304. The van der Waals surface area contributed by atoms with Crippen molar-refractivity contribution in [3.8, 4) is 0 Å². The fourth-order valence-electron chi connectivity index (χ4n) is 3.42. The van der Waals surface area contributed by atoms with Gasteiger partial charge in [0.15, 0.2) is 6.61 Å². The van der Waals surface area contributed by atoms with Crippen molar-refractivity contribution >= 4 is 29.4 Å². The molecule has 1 heterocycles. The number of nitrogens with zero attached hydrogens (tertiary/aromatic N) is 1. The lowest BCUT2D eigenvalue weighted by atomic mass is 9.97. The van der Waals surface area contributed by atoms with E-state index in [0.717, 1.165) is 0 Å². The van der Waals surface area contributed by atoms with Gasteiger partial charge in [0, 0.05) is 24.3 Å². The number of rotatable bonds is 6. The second-order valence-corrected chi connectivity index (χ2v) is 7.33. The Morgan fingerprint density at radius 1 is 1.09 bits per heavy atom. The highest BCUT2D eigenvalue weighted by molar-refractivity contribution is 5.96. The van der Waals surface area contributed by atoms with Gasteiger partial charge in [-0.2, -0.15) is 0 Å². The number of likely N-dealkylation sites (tertiary alicyclic amines) is 1. The lowest BCUT2D eigenvalue weighted by Gasteiger charge is -2.31. The third-order valence-electron chi connectivity index (χ3n) is 5.05. The number of nitrogens with one attached hydrogen (secondary N) is 1. The molecule has 32 heavy (non-hydrogen) atoms. The second kappa shape index (κ2) is 10.5. The van der Waals surface area contributed by atoms with Crippen LogP contribution in [0.25, 0.3) is 0 Å². The first-order valence-corrected chi connectivity index (χ1v) is 10.1. The van der Waals surface area contributed by atoms with Crippen molar-refractivity contribution in [1.82, 2.24) is 4.90 Å².